The third kappa shape index (κ3) is 3.16. The highest BCUT2D eigenvalue weighted by Crippen LogP contribution is 2.26. The lowest BCUT2D eigenvalue weighted by Gasteiger charge is -2.13. The molecule has 7 heteroatoms. The number of carbonyl (C=O) groups is 1. The second-order valence-corrected chi connectivity index (χ2v) is 6.19. The standard InChI is InChI=1S/C16H14Cl2N4O/c1-21(2)14(23)9-22-15(10-3-5-11(17)6-4-10)20-13-7-12(18)8-19-16(13)22/h3-8H,9H2,1-2H3. The van der Waals surface area contributed by atoms with Crippen LogP contribution in [0.1, 0.15) is 0 Å². The highest BCUT2D eigenvalue weighted by molar-refractivity contribution is 6.31. The normalized spacial score (nSPS) is 11.0. The van der Waals surface area contributed by atoms with Crippen LogP contribution in [0.25, 0.3) is 22.6 Å². The van der Waals surface area contributed by atoms with Gasteiger partial charge in [-0.25, -0.2) is 9.97 Å². The number of imidazole rings is 1. The van der Waals surface area contributed by atoms with E-state index >= 15 is 0 Å². The van der Waals surface area contributed by atoms with Crippen LogP contribution in [0.5, 0.6) is 0 Å². The van der Waals surface area contributed by atoms with Crippen molar-refractivity contribution in [3.63, 3.8) is 0 Å². The summed E-state index contributed by atoms with van der Waals surface area (Å²) in [6.07, 6.45) is 1.55. The summed E-state index contributed by atoms with van der Waals surface area (Å²) in [4.78, 5) is 22.6. The minimum atomic E-state index is -0.0451. The van der Waals surface area contributed by atoms with E-state index in [1.807, 2.05) is 12.1 Å². The molecule has 2 heterocycles. The van der Waals surface area contributed by atoms with E-state index in [0.717, 1.165) is 5.56 Å². The van der Waals surface area contributed by atoms with Gasteiger partial charge in [0.2, 0.25) is 5.91 Å². The third-order valence-electron chi connectivity index (χ3n) is 3.45. The Morgan fingerprint density at radius 2 is 1.87 bits per heavy atom. The van der Waals surface area contributed by atoms with E-state index in [2.05, 4.69) is 9.97 Å². The maximum absolute atomic E-state index is 12.2. The molecular weight excluding hydrogens is 335 g/mol. The van der Waals surface area contributed by atoms with Crippen molar-refractivity contribution in [2.45, 2.75) is 6.54 Å². The molecular formula is C16H14Cl2N4O. The smallest absolute Gasteiger partial charge is 0.242 e. The average molecular weight is 349 g/mol. The van der Waals surface area contributed by atoms with Crippen LogP contribution in [0.15, 0.2) is 36.5 Å². The topological polar surface area (TPSA) is 51.0 Å². The zero-order valence-corrected chi connectivity index (χ0v) is 14.1. The number of halogens is 2. The van der Waals surface area contributed by atoms with Crippen molar-refractivity contribution < 1.29 is 4.79 Å². The quantitative estimate of drug-likeness (QED) is 0.727. The zero-order valence-electron chi connectivity index (χ0n) is 12.6. The van der Waals surface area contributed by atoms with E-state index in [-0.39, 0.29) is 12.5 Å². The number of likely N-dealkylation sites (N-methyl/N-ethyl adjacent to an activating group) is 1. The summed E-state index contributed by atoms with van der Waals surface area (Å²) in [5.41, 5.74) is 2.12. The van der Waals surface area contributed by atoms with Gasteiger partial charge in [-0.05, 0) is 30.3 Å². The van der Waals surface area contributed by atoms with E-state index in [0.29, 0.717) is 27.0 Å². The summed E-state index contributed by atoms with van der Waals surface area (Å²) in [7, 11) is 3.43. The summed E-state index contributed by atoms with van der Waals surface area (Å²) < 4.78 is 1.79. The second kappa shape index (κ2) is 6.18. The predicted molar refractivity (Wildman–Crippen MR) is 91.7 cm³/mol. The van der Waals surface area contributed by atoms with Crippen LogP contribution >= 0.6 is 23.2 Å². The first kappa shape index (κ1) is 15.8. The van der Waals surface area contributed by atoms with Crippen molar-refractivity contribution in [1.82, 2.24) is 19.4 Å². The fraction of sp³-hybridized carbons (Fsp3) is 0.188. The van der Waals surface area contributed by atoms with E-state index in [9.17, 15) is 4.79 Å². The molecule has 0 unspecified atom stereocenters. The van der Waals surface area contributed by atoms with Gasteiger partial charge in [-0.3, -0.25) is 9.36 Å². The van der Waals surface area contributed by atoms with Crippen LogP contribution in [-0.4, -0.2) is 39.4 Å². The molecule has 1 aromatic carbocycles. The molecule has 23 heavy (non-hydrogen) atoms. The number of pyridine rings is 1. The van der Waals surface area contributed by atoms with Gasteiger partial charge < -0.3 is 4.90 Å². The molecule has 3 aromatic rings. The lowest BCUT2D eigenvalue weighted by Crippen LogP contribution is -2.26. The van der Waals surface area contributed by atoms with Gasteiger partial charge in [0.15, 0.2) is 5.65 Å². The number of aromatic nitrogens is 3. The first-order chi connectivity index (χ1) is 11.0. The molecule has 0 bridgehead atoms. The highest BCUT2D eigenvalue weighted by atomic mass is 35.5. The minimum Gasteiger partial charge on any atom is -0.347 e. The molecule has 0 saturated heterocycles. The summed E-state index contributed by atoms with van der Waals surface area (Å²) in [5.74, 6) is 0.609. The van der Waals surface area contributed by atoms with Gasteiger partial charge in [0.1, 0.15) is 17.9 Å². The van der Waals surface area contributed by atoms with Crippen LogP contribution in [0.2, 0.25) is 10.0 Å². The summed E-state index contributed by atoms with van der Waals surface area (Å²) in [5, 5.41) is 1.14. The monoisotopic (exact) mass is 348 g/mol. The fourth-order valence-corrected chi connectivity index (χ4v) is 2.51. The van der Waals surface area contributed by atoms with Crippen molar-refractivity contribution in [2.24, 2.45) is 0 Å². The van der Waals surface area contributed by atoms with E-state index in [1.165, 1.54) is 4.90 Å². The van der Waals surface area contributed by atoms with Gasteiger partial charge in [0.05, 0.1) is 5.02 Å². The fourth-order valence-electron chi connectivity index (χ4n) is 2.23. The molecule has 5 nitrogen and oxygen atoms in total. The Morgan fingerprint density at radius 1 is 1.17 bits per heavy atom. The number of carbonyl (C=O) groups excluding carboxylic acids is 1. The second-order valence-electron chi connectivity index (χ2n) is 5.31. The lowest BCUT2D eigenvalue weighted by atomic mass is 10.2. The van der Waals surface area contributed by atoms with Gasteiger partial charge in [-0.15, -0.1) is 0 Å². The number of rotatable bonds is 3. The van der Waals surface area contributed by atoms with Gasteiger partial charge >= 0.3 is 0 Å². The molecule has 1 amide bonds. The molecule has 0 N–H and O–H groups in total. The van der Waals surface area contributed by atoms with Crippen molar-refractivity contribution in [3.8, 4) is 11.4 Å². The van der Waals surface area contributed by atoms with Crippen molar-refractivity contribution in [3.05, 3.63) is 46.6 Å². The number of fused-ring (bicyclic) bond motifs is 1. The molecule has 0 aliphatic carbocycles. The van der Waals surface area contributed by atoms with Crippen LogP contribution in [0.4, 0.5) is 0 Å². The maximum Gasteiger partial charge on any atom is 0.242 e. The third-order valence-corrected chi connectivity index (χ3v) is 3.90. The van der Waals surface area contributed by atoms with Crippen LogP contribution in [0, 0.1) is 0 Å². The number of hydrogen-bond donors (Lipinski definition) is 0. The van der Waals surface area contributed by atoms with Gasteiger partial charge in [-0.1, -0.05) is 23.2 Å². The van der Waals surface area contributed by atoms with Gasteiger partial charge in [0.25, 0.3) is 0 Å². The SMILES string of the molecule is CN(C)C(=O)Cn1c(-c2ccc(Cl)cc2)nc2cc(Cl)cnc21. The number of hydrogen-bond acceptors (Lipinski definition) is 3. The van der Waals surface area contributed by atoms with Crippen LogP contribution < -0.4 is 0 Å². The molecule has 0 atom stereocenters. The number of nitrogens with zero attached hydrogens (tertiary/aromatic N) is 4. The summed E-state index contributed by atoms with van der Waals surface area (Å²) in [6, 6.07) is 9.03. The Kier molecular flexibility index (Phi) is 4.24. The molecule has 2 aromatic heterocycles. The summed E-state index contributed by atoms with van der Waals surface area (Å²) >= 11 is 11.9. The van der Waals surface area contributed by atoms with E-state index < -0.39 is 0 Å². The molecule has 118 valence electrons. The molecule has 0 fully saturated rings. The number of benzene rings is 1. The molecule has 0 aliphatic heterocycles. The highest BCUT2D eigenvalue weighted by Gasteiger charge is 2.17. The molecule has 0 aliphatic rings. The molecule has 3 rings (SSSR count). The molecule has 0 spiro atoms. The first-order valence-corrected chi connectivity index (χ1v) is 7.69. The molecule has 0 saturated carbocycles. The Balaban J connectivity index is 2.18. The average Bonchev–Trinajstić information content (AvgIpc) is 2.85. The Labute approximate surface area is 143 Å². The summed E-state index contributed by atoms with van der Waals surface area (Å²) in [6.45, 7) is 0.149. The largest absolute Gasteiger partial charge is 0.347 e. The molecule has 0 radical (unpaired) electrons. The van der Waals surface area contributed by atoms with E-state index in [4.69, 9.17) is 23.2 Å². The Morgan fingerprint density at radius 3 is 2.52 bits per heavy atom. The zero-order chi connectivity index (χ0) is 16.6. The lowest BCUT2D eigenvalue weighted by molar-refractivity contribution is -0.129. The minimum absolute atomic E-state index is 0.0451. The van der Waals surface area contributed by atoms with Crippen molar-refractivity contribution in [1.29, 1.82) is 0 Å². The van der Waals surface area contributed by atoms with Crippen LogP contribution in [-0.2, 0) is 11.3 Å². The van der Waals surface area contributed by atoms with E-state index in [1.54, 1.807) is 43.1 Å². The van der Waals surface area contributed by atoms with Crippen molar-refractivity contribution in [2.75, 3.05) is 14.1 Å². The maximum atomic E-state index is 12.2. The number of amides is 1. The van der Waals surface area contributed by atoms with Gasteiger partial charge in [-0.2, -0.15) is 0 Å². The van der Waals surface area contributed by atoms with Crippen LogP contribution in [0.3, 0.4) is 0 Å². The Bertz CT molecular complexity index is 872. The Hall–Kier alpha value is -2.11. The van der Waals surface area contributed by atoms with Gasteiger partial charge in [0, 0.05) is 30.9 Å². The predicted octanol–water partition coefficient (Wildman–Crippen LogP) is 3.49. The van der Waals surface area contributed by atoms with Crippen molar-refractivity contribution >= 4 is 40.3 Å². The first-order valence-electron chi connectivity index (χ1n) is 6.93.